The molecule has 1 atom stereocenters. The molecule has 0 bridgehead atoms. The fourth-order valence-corrected chi connectivity index (χ4v) is 3.30. The van der Waals surface area contributed by atoms with Crippen LogP contribution in [0.4, 0.5) is 0 Å². The second kappa shape index (κ2) is 6.55. The van der Waals surface area contributed by atoms with Crippen LogP contribution in [0.25, 0.3) is 0 Å². The minimum absolute atomic E-state index is 0.0854. The fraction of sp³-hybridized carbons (Fsp3) is 0.867. The van der Waals surface area contributed by atoms with E-state index in [0.717, 1.165) is 45.3 Å². The van der Waals surface area contributed by atoms with Crippen LogP contribution in [0.5, 0.6) is 0 Å². The molecule has 112 valence electrons. The van der Waals surface area contributed by atoms with Gasteiger partial charge in [-0.15, -0.1) is 0 Å². The van der Waals surface area contributed by atoms with Crippen molar-refractivity contribution in [2.45, 2.75) is 50.6 Å². The lowest BCUT2D eigenvalue weighted by atomic mass is 9.81. The third kappa shape index (κ3) is 3.13. The lowest BCUT2D eigenvalue weighted by molar-refractivity contribution is -0.136. The Morgan fingerprint density at radius 1 is 1.45 bits per heavy atom. The van der Waals surface area contributed by atoms with E-state index in [4.69, 9.17) is 0 Å². The molecule has 1 N–H and O–H groups in total. The van der Waals surface area contributed by atoms with Gasteiger partial charge in [-0.3, -0.25) is 9.69 Å². The minimum atomic E-state index is -0.563. The van der Waals surface area contributed by atoms with Crippen LogP contribution in [0.1, 0.15) is 39.0 Å². The summed E-state index contributed by atoms with van der Waals surface area (Å²) in [6, 6.07) is 2.80. The van der Waals surface area contributed by atoms with Crippen molar-refractivity contribution in [2.75, 3.05) is 33.2 Å². The Balaban J connectivity index is 1.98. The zero-order valence-corrected chi connectivity index (χ0v) is 12.7. The van der Waals surface area contributed by atoms with E-state index < -0.39 is 5.54 Å². The first kappa shape index (κ1) is 15.3. The number of nitrogens with one attached hydrogen (secondary N) is 1. The van der Waals surface area contributed by atoms with Gasteiger partial charge in [0.2, 0.25) is 5.91 Å². The second-order valence-corrected chi connectivity index (χ2v) is 6.18. The van der Waals surface area contributed by atoms with Crippen molar-refractivity contribution in [3.05, 3.63) is 0 Å². The molecule has 1 saturated heterocycles. The molecule has 5 nitrogen and oxygen atoms in total. The van der Waals surface area contributed by atoms with Crippen LogP contribution >= 0.6 is 0 Å². The number of carbonyl (C=O) groups excluding carboxylic acids is 1. The third-order valence-corrected chi connectivity index (χ3v) is 4.88. The molecule has 2 fully saturated rings. The van der Waals surface area contributed by atoms with Crippen LogP contribution in [-0.4, -0.2) is 60.5 Å². The summed E-state index contributed by atoms with van der Waals surface area (Å²) in [7, 11) is 1.81. The Kier molecular flexibility index (Phi) is 5.00. The quantitative estimate of drug-likeness (QED) is 0.835. The van der Waals surface area contributed by atoms with Crippen molar-refractivity contribution in [3.63, 3.8) is 0 Å². The Morgan fingerprint density at radius 2 is 2.15 bits per heavy atom. The predicted molar refractivity (Wildman–Crippen MR) is 78.1 cm³/mol. The van der Waals surface area contributed by atoms with Crippen molar-refractivity contribution in [3.8, 4) is 6.07 Å². The zero-order chi connectivity index (χ0) is 14.6. The summed E-state index contributed by atoms with van der Waals surface area (Å²) < 4.78 is 0. The summed E-state index contributed by atoms with van der Waals surface area (Å²) in [6.45, 7) is 5.34. The Morgan fingerprint density at radius 3 is 2.75 bits per heavy atom. The van der Waals surface area contributed by atoms with Gasteiger partial charge in [-0.25, -0.2) is 0 Å². The summed E-state index contributed by atoms with van der Waals surface area (Å²) in [5, 5.41) is 12.9. The Bertz CT molecular complexity index is 384. The molecule has 0 aromatic heterocycles. The lowest BCUT2D eigenvalue weighted by Crippen LogP contribution is -2.56. The smallest absolute Gasteiger partial charge is 0.237 e. The van der Waals surface area contributed by atoms with Crippen molar-refractivity contribution in [1.82, 2.24) is 15.1 Å². The second-order valence-electron chi connectivity index (χ2n) is 6.18. The fourth-order valence-electron chi connectivity index (χ4n) is 3.30. The molecule has 1 amide bonds. The van der Waals surface area contributed by atoms with Crippen LogP contribution in [-0.2, 0) is 4.79 Å². The van der Waals surface area contributed by atoms with Gasteiger partial charge in [-0.2, -0.15) is 5.26 Å². The van der Waals surface area contributed by atoms with Gasteiger partial charge in [0.05, 0.1) is 12.6 Å². The minimum Gasteiger partial charge on any atom is -0.326 e. The normalized spacial score (nSPS) is 26.8. The molecule has 5 heteroatoms. The molecular weight excluding hydrogens is 252 g/mol. The Hall–Kier alpha value is -1.12. The van der Waals surface area contributed by atoms with Gasteiger partial charge >= 0.3 is 0 Å². The summed E-state index contributed by atoms with van der Waals surface area (Å²) in [5.74, 6) is 0.0854. The van der Waals surface area contributed by atoms with Crippen LogP contribution < -0.4 is 5.32 Å². The number of likely N-dealkylation sites (N-methyl/N-ethyl adjacent to an activating group) is 1. The van der Waals surface area contributed by atoms with Crippen molar-refractivity contribution < 1.29 is 4.79 Å². The number of hydrogen-bond donors (Lipinski definition) is 1. The molecule has 0 aromatic rings. The standard InChI is InChI=1S/C15H26N4O/c1-13-10-17-8-9-19(13)11-14(20)18(2)15(12-16)6-4-3-5-7-15/h13,17H,3-11H2,1-2H3. The van der Waals surface area contributed by atoms with Gasteiger partial charge in [-0.1, -0.05) is 19.3 Å². The van der Waals surface area contributed by atoms with Crippen LogP contribution in [0.15, 0.2) is 0 Å². The summed E-state index contributed by atoms with van der Waals surface area (Å²) in [6.07, 6.45) is 4.93. The van der Waals surface area contributed by atoms with Crippen molar-refractivity contribution in [2.24, 2.45) is 0 Å². The highest BCUT2D eigenvalue weighted by atomic mass is 16.2. The molecule has 0 radical (unpaired) electrons. The lowest BCUT2D eigenvalue weighted by Gasteiger charge is -2.41. The first-order valence-corrected chi connectivity index (χ1v) is 7.72. The topological polar surface area (TPSA) is 59.4 Å². The zero-order valence-electron chi connectivity index (χ0n) is 12.7. The molecular formula is C15H26N4O. The van der Waals surface area contributed by atoms with Gasteiger partial charge in [0.25, 0.3) is 0 Å². The maximum atomic E-state index is 12.5. The highest BCUT2D eigenvalue weighted by Crippen LogP contribution is 2.32. The van der Waals surface area contributed by atoms with E-state index in [1.807, 2.05) is 7.05 Å². The van der Waals surface area contributed by atoms with E-state index in [1.54, 1.807) is 4.90 Å². The largest absolute Gasteiger partial charge is 0.326 e. The van der Waals surface area contributed by atoms with Gasteiger partial charge in [-0.05, 0) is 19.8 Å². The monoisotopic (exact) mass is 278 g/mol. The molecule has 1 aliphatic carbocycles. The molecule has 1 unspecified atom stereocenters. The molecule has 2 aliphatic rings. The maximum absolute atomic E-state index is 12.5. The van der Waals surface area contributed by atoms with Crippen LogP contribution in [0, 0.1) is 11.3 Å². The highest BCUT2D eigenvalue weighted by molar-refractivity contribution is 5.79. The van der Waals surface area contributed by atoms with Gasteiger partial charge in [0.1, 0.15) is 5.54 Å². The maximum Gasteiger partial charge on any atom is 0.237 e. The number of carbonyl (C=O) groups is 1. The van der Waals surface area contributed by atoms with Crippen LogP contribution in [0.2, 0.25) is 0 Å². The van der Waals surface area contributed by atoms with Gasteiger partial charge in [0, 0.05) is 32.7 Å². The van der Waals surface area contributed by atoms with E-state index in [0.29, 0.717) is 12.6 Å². The molecule has 20 heavy (non-hydrogen) atoms. The number of rotatable bonds is 3. The highest BCUT2D eigenvalue weighted by Gasteiger charge is 2.39. The molecule has 1 heterocycles. The average Bonchev–Trinajstić information content (AvgIpc) is 2.49. The third-order valence-electron chi connectivity index (χ3n) is 4.88. The number of nitriles is 1. The van der Waals surface area contributed by atoms with E-state index in [1.165, 1.54) is 6.42 Å². The van der Waals surface area contributed by atoms with E-state index in [-0.39, 0.29) is 5.91 Å². The van der Waals surface area contributed by atoms with Gasteiger partial charge in [0.15, 0.2) is 0 Å². The molecule has 2 rings (SSSR count). The Labute approximate surface area is 121 Å². The summed E-state index contributed by atoms with van der Waals surface area (Å²) in [5.41, 5.74) is -0.563. The predicted octanol–water partition coefficient (Wildman–Crippen LogP) is 0.965. The summed E-state index contributed by atoms with van der Waals surface area (Å²) in [4.78, 5) is 16.5. The van der Waals surface area contributed by atoms with Crippen LogP contribution in [0.3, 0.4) is 0 Å². The molecule has 0 aromatic carbocycles. The molecule has 1 aliphatic heterocycles. The number of piperazine rings is 1. The molecule has 0 spiro atoms. The number of amides is 1. The average molecular weight is 278 g/mol. The van der Waals surface area contributed by atoms with E-state index >= 15 is 0 Å². The SMILES string of the molecule is CC1CNCCN1CC(=O)N(C)C1(C#N)CCCCC1. The van der Waals surface area contributed by atoms with Crippen molar-refractivity contribution >= 4 is 5.91 Å². The summed E-state index contributed by atoms with van der Waals surface area (Å²) >= 11 is 0. The number of nitrogens with zero attached hydrogens (tertiary/aromatic N) is 3. The first-order chi connectivity index (χ1) is 9.59. The number of hydrogen-bond acceptors (Lipinski definition) is 4. The van der Waals surface area contributed by atoms with Gasteiger partial charge < -0.3 is 10.2 Å². The molecule has 1 saturated carbocycles. The van der Waals surface area contributed by atoms with E-state index in [2.05, 4.69) is 23.2 Å². The van der Waals surface area contributed by atoms with E-state index in [9.17, 15) is 10.1 Å². The first-order valence-electron chi connectivity index (χ1n) is 7.72. The van der Waals surface area contributed by atoms with Crippen molar-refractivity contribution in [1.29, 1.82) is 5.26 Å².